The summed E-state index contributed by atoms with van der Waals surface area (Å²) in [6, 6.07) is 25.3. The molecular formula is C24H27BrNO2+. The molecule has 4 heteroatoms. The molecule has 0 saturated heterocycles. The maximum Gasteiger partial charge on any atom is 0.175 e. The molecule has 3 nitrogen and oxygen atoms in total. The Labute approximate surface area is 175 Å². The number of benzene rings is 3. The number of rotatable bonds is 9. The van der Waals surface area contributed by atoms with E-state index in [1.807, 2.05) is 25.1 Å². The largest absolute Gasteiger partial charge is 0.490 e. The number of hydrogen-bond acceptors (Lipinski definition) is 2. The summed E-state index contributed by atoms with van der Waals surface area (Å²) >= 11 is 3.67. The van der Waals surface area contributed by atoms with Gasteiger partial charge in [0.15, 0.2) is 11.5 Å². The summed E-state index contributed by atoms with van der Waals surface area (Å²) in [5.74, 6) is 1.54. The molecule has 0 amide bonds. The summed E-state index contributed by atoms with van der Waals surface area (Å²) in [5.41, 5.74) is 3.66. The van der Waals surface area contributed by atoms with Gasteiger partial charge in [-0.15, -0.1) is 0 Å². The monoisotopic (exact) mass is 440 g/mol. The summed E-state index contributed by atoms with van der Waals surface area (Å²) in [7, 11) is 0. The molecule has 3 rings (SSSR count). The lowest BCUT2D eigenvalue weighted by molar-refractivity contribution is -0.707. The van der Waals surface area contributed by atoms with Crippen LogP contribution in [0.4, 0.5) is 0 Å². The van der Waals surface area contributed by atoms with Gasteiger partial charge in [-0.1, -0.05) is 60.7 Å². The van der Waals surface area contributed by atoms with Crippen LogP contribution in [0.1, 0.15) is 36.6 Å². The van der Waals surface area contributed by atoms with Crippen LogP contribution in [-0.4, -0.2) is 6.61 Å². The lowest BCUT2D eigenvalue weighted by atomic mass is 10.1. The SMILES string of the molecule is CCOc1cc(C[NH2+][C@H](C)c2ccccc2)cc(Br)c1OCc1ccccc1. The molecule has 0 aliphatic carbocycles. The molecule has 3 aromatic rings. The molecule has 146 valence electrons. The zero-order valence-electron chi connectivity index (χ0n) is 16.4. The predicted molar refractivity (Wildman–Crippen MR) is 117 cm³/mol. The fourth-order valence-electron chi connectivity index (χ4n) is 3.08. The summed E-state index contributed by atoms with van der Waals surface area (Å²) < 4.78 is 12.9. The third-order valence-corrected chi connectivity index (χ3v) is 5.22. The van der Waals surface area contributed by atoms with Crippen molar-refractivity contribution in [3.8, 4) is 11.5 Å². The van der Waals surface area contributed by atoms with Crippen molar-refractivity contribution in [2.24, 2.45) is 0 Å². The van der Waals surface area contributed by atoms with E-state index < -0.39 is 0 Å². The van der Waals surface area contributed by atoms with E-state index >= 15 is 0 Å². The van der Waals surface area contributed by atoms with E-state index in [1.54, 1.807) is 0 Å². The van der Waals surface area contributed by atoms with Crippen molar-refractivity contribution in [1.82, 2.24) is 0 Å². The second kappa shape index (κ2) is 10.3. The normalized spacial score (nSPS) is 11.8. The Balaban J connectivity index is 1.71. The summed E-state index contributed by atoms with van der Waals surface area (Å²) in [6.07, 6.45) is 0. The van der Waals surface area contributed by atoms with Crippen molar-refractivity contribution < 1.29 is 14.8 Å². The van der Waals surface area contributed by atoms with E-state index in [4.69, 9.17) is 9.47 Å². The first-order chi connectivity index (χ1) is 13.7. The van der Waals surface area contributed by atoms with Gasteiger partial charge < -0.3 is 14.8 Å². The third kappa shape index (κ3) is 5.60. The highest BCUT2D eigenvalue weighted by molar-refractivity contribution is 9.10. The van der Waals surface area contributed by atoms with Crippen molar-refractivity contribution in [2.75, 3.05) is 6.61 Å². The van der Waals surface area contributed by atoms with Crippen LogP contribution in [0.25, 0.3) is 0 Å². The number of hydrogen-bond donors (Lipinski definition) is 1. The highest BCUT2D eigenvalue weighted by Crippen LogP contribution is 2.37. The maximum atomic E-state index is 6.07. The van der Waals surface area contributed by atoms with E-state index in [0.717, 1.165) is 28.1 Å². The first-order valence-corrected chi connectivity index (χ1v) is 10.5. The van der Waals surface area contributed by atoms with E-state index in [-0.39, 0.29) is 0 Å². The molecule has 0 aliphatic rings. The zero-order valence-corrected chi connectivity index (χ0v) is 18.0. The minimum atomic E-state index is 0.393. The molecule has 1 atom stereocenters. The van der Waals surface area contributed by atoms with Gasteiger partial charge in [0.2, 0.25) is 0 Å². The molecule has 0 heterocycles. The van der Waals surface area contributed by atoms with Crippen molar-refractivity contribution >= 4 is 15.9 Å². The second-order valence-electron chi connectivity index (χ2n) is 6.75. The van der Waals surface area contributed by atoms with Crippen LogP contribution in [0, 0.1) is 0 Å². The smallest absolute Gasteiger partial charge is 0.175 e. The van der Waals surface area contributed by atoms with Gasteiger partial charge in [0.25, 0.3) is 0 Å². The molecular weight excluding hydrogens is 414 g/mol. The molecule has 0 unspecified atom stereocenters. The molecule has 0 fully saturated rings. The minimum absolute atomic E-state index is 0.393. The van der Waals surface area contributed by atoms with Crippen LogP contribution in [0.2, 0.25) is 0 Å². The number of halogens is 1. The van der Waals surface area contributed by atoms with Gasteiger partial charge in [-0.2, -0.15) is 0 Å². The predicted octanol–water partition coefficient (Wildman–Crippen LogP) is 5.25. The van der Waals surface area contributed by atoms with Gasteiger partial charge in [-0.25, -0.2) is 0 Å². The second-order valence-corrected chi connectivity index (χ2v) is 7.61. The summed E-state index contributed by atoms with van der Waals surface area (Å²) in [4.78, 5) is 0. The molecule has 2 N–H and O–H groups in total. The summed E-state index contributed by atoms with van der Waals surface area (Å²) in [5, 5.41) is 2.33. The fraction of sp³-hybridized carbons (Fsp3) is 0.250. The molecule has 0 saturated carbocycles. The molecule has 0 aliphatic heterocycles. The molecule has 0 aromatic heterocycles. The number of quaternary nitrogens is 1. The summed E-state index contributed by atoms with van der Waals surface area (Å²) in [6.45, 7) is 6.20. The number of ether oxygens (including phenoxy) is 2. The Hall–Kier alpha value is -2.30. The molecule has 0 radical (unpaired) electrons. The first kappa shape index (κ1) is 20.4. The van der Waals surface area contributed by atoms with Gasteiger partial charge in [-0.05, 0) is 47.5 Å². The maximum absolute atomic E-state index is 6.07. The molecule has 28 heavy (non-hydrogen) atoms. The Morgan fingerprint density at radius 1 is 0.893 bits per heavy atom. The van der Waals surface area contributed by atoms with Crippen molar-refractivity contribution in [3.63, 3.8) is 0 Å². The van der Waals surface area contributed by atoms with Gasteiger partial charge in [0, 0.05) is 11.1 Å². The Morgan fingerprint density at radius 2 is 1.57 bits per heavy atom. The quantitative estimate of drug-likeness (QED) is 0.492. The van der Waals surface area contributed by atoms with Crippen LogP contribution < -0.4 is 14.8 Å². The highest BCUT2D eigenvalue weighted by atomic mass is 79.9. The van der Waals surface area contributed by atoms with Crippen LogP contribution in [0.15, 0.2) is 77.3 Å². The Kier molecular flexibility index (Phi) is 7.52. The van der Waals surface area contributed by atoms with E-state index in [2.05, 4.69) is 82.8 Å². The Morgan fingerprint density at radius 3 is 2.25 bits per heavy atom. The lowest BCUT2D eigenvalue weighted by Crippen LogP contribution is -2.83. The van der Waals surface area contributed by atoms with Crippen LogP contribution in [0.3, 0.4) is 0 Å². The zero-order chi connectivity index (χ0) is 19.8. The minimum Gasteiger partial charge on any atom is -0.490 e. The van der Waals surface area contributed by atoms with Crippen molar-refractivity contribution in [1.29, 1.82) is 0 Å². The van der Waals surface area contributed by atoms with Gasteiger partial charge in [0.05, 0.1) is 11.1 Å². The van der Waals surface area contributed by atoms with Gasteiger partial charge in [0.1, 0.15) is 19.2 Å². The highest BCUT2D eigenvalue weighted by Gasteiger charge is 2.15. The van der Waals surface area contributed by atoms with E-state index in [1.165, 1.54) is 11.1 Å². The Bertz CT molecular complexity index is 869. The van der Waals surface area contributed by atoms with Crippen LogP contribution in [0.5, 0.6) is 11.5 Å². The lowest BCUT2D eigenvalue weighted by Gasteiger charge is -2.16. The van der Waals surface area contributed by atoms with Gasteiger partial charge >= 0.3 is 0 Å². The van der Waals surface area contributed by atoms with Gasteiger partial charge in [-0.3, -0.25) is 0 Å². The molecule has 3 aromatic carbocycles. The van der Waals surface area contributed by atoms with Crippen molar-refractivity contribution in [3.05, 3.63) is 94.0 Å². The average molecular weight is 441 g/mol. The molecule has 0 spiro atoms. The van der Waals surface area contributed by atoms with Crippen LogP contribution in [-0.2, 0) is 13.2 Å². The van der Waals surface area contributed by atoms with Crippen LogP contribution >= 0.6 is 15.9 Å². The molecule has 0 bridgehead atoms. The van der Waals surface area contributed by atoms with E-state index in [9.17, 15) is 0 Å². The first-order valence-electron chi connectivity index (χ1n) is 9.67. The standard InChI is InChI=1S/C24H26BrNO2/c1-3-27-23-15-20(16-26-18(2)21-12-8-5-9-13-21)14-22(25)24(23)28-17-19-10-6-4-7-11-19/h4-15,18,26H,3,16-17H2,1-2H3/p+1/t18-/m1/s1. The third-order valence-electron chi connectivity index (χ3n) is 4.63. The van der Waals surface area contributed by atoms with E-state index in [0.29, 0.717) is 19.3 Å². The number of nitrogens with two attached hydrogens (primary N) is 1. The average Bonchev–Trinajstić information content (AvgIpc) is 2.73. The van der Waals surface area contributed by atoms with Crippen molar-refractivity contribution in [2.45, 2.75) is 33.0 Å². The topological polar surface area (TPSA) is 35.1 Å². The fourth-order valence-corrected chi connectivity index (χ4v) is 3.68.